The molecule has 1 aliphatic carbocycles. The third-order valence-corrected chi connectivity index (χ3v) is 8.50. The van der Waals surface area contributed by atoms with Crippen LogP contribution in [0.4, 0.5) is 9.18 Å². The Labute approximate surface area is 276 Å². The molecule has 2 amide bonds. The summed E-state index contributed by atoms with van der Waals surface area (Å²) < 4.78 is 25.8. The number of alkyl carbamates (subject to hydrolysis) is 1. The molecule has 2 heterocycles. The number of benzene rings is 2. The van der Waals surface area contributed by atoms with Gasteiger partial charge < -0.3 is 30.1 Å². The number of halogens is 1. The van der Waals surface area contributed by atoms with Gasteiger partial charge >= 0.3 is 6.09 Å². The third kappa shape index (κ3) is 9.89. The summed E-state index contributed by atoms with van der Waals surface area (Å²) in [6.45, 7) is 10.1. The number of amides is 2. The number of phenolic OH excluding ortho intramolecular Hbond substituents is 1. The quantitative estimate of drug-likeness (QED) is 0.269. The maximum atomic E-state index is 14.3. The molecule has 2 aromatic carbocycles. The van der Waals surface area contributed by atoms with E-state index in [1.807, 2.05) is 51.1 Å². The van der Waals surface area contributed by atoms with E-state index in [0.29, 0.717) is 38.0 Å². The largest absolute Gasteiger partial charge is 0.508 e. The Morgan fingerprint density at radius 2 is 1.72 bits per heavy atom. The number of carbonyl (C=O) groups is 2. The summed E-state index contributed by atoms with van der Waals surface area (Å²) in [5.41, 5.74) is 2.28. The number of nitrogens with zero attached hydrogens (tertiary/aromatic N) is 3. The lowest BCUT2D eigenvalue weighted by molar-refractivity contribution is 0.0487. The number of hydrogen-bond donors (Lipinski definition) is 3. The first-order valence-electron chi connectivity index (χ1n) is 16.4. The van der Waals surface area contributed by atoms with Gasteiger partial charge in [0.2, 0.25) is 5.88 Å². The molecular weight excluding hydrogens is 601 g/mol. The number of aromatic hydroxyl groups is 1. The van der Waals surface area contributed by atoms with Crippen molar-refractivity contribution in [3.05, 3.63) is 71.7 Å². The minimum Gasteiger partial charge on any atom is -0.508 e. The fraction of sp³-hybridized carbons (Fsp3) is 0.472. The molecule has 3 aromatic rings. The van der Waals surface area contributed by atoms with Gasteiger partial charge in [0.25, 0.3) is 5.91 Å². The minimum atomic E-state index is -0.644. The summed E-state index contributed by atoms with van der Waals surface area (Å²) >= 11 is 0. The van der Waals surface area contributed by atoms with Crippen LogP contribution in [0.3, 0.4) is 0 Å². The molecule has 2 fully saturated rings. The molecule has 0 bridgehead atoms. The van der Waals surface area contributed by atoms with Crippen LogP contribution in [0.25, 0.3) is 11.1 Å². The van der Waals surface area contributed by atoms with Gasteiger partial charge in [-0.25, -0.2) is 14.2 Å². The van der Waals surface area contributed by atoms with E-state index in [1.165, 1.54) is 0 Å². The number of nitrogens with one attached hydrogen (secondary N) is 2. The van der Waals surface area contributed by atoms with Crippen LogP contribution in [0.2, 0.25) is 0 Å². The first-order chi connectivity index (χ1) is 22.4. The van der Waals surface area contributed by atoms with E-state index in [1.54, 1.807) is 12.1 Å². The van der Waals surface area contributed by atoms with Crippen LogP contribution in [0, 0.1) is 5.82 Å². The van der Waals surface area contributed by atoms with Crippen molar-refractivity contribution in [2.24, 2.45) is 0 Å². The zero-order chi connectivity index (χ0) is 33.6. The fourth-order valence-corrected chi connectivity index (χ4v) is 6.12. The molecule has 10 nitrogen and oxygen atoms in total. The Kier molecular flexibility index (Phi) is 11.0. The predicted molar refractivity (Wildman–Crippen MR) is 178 cm³/mol. The summed E-state index contributed by atoms with van der Waals surface area (Å²) in [5, 5.41) is 16.2. The van der Waals surface area contributed by atoms with Crippen molar-refractivity contribution >= 4 is 12.0 Å². The standard InChI is InChI=1S/C36H46FN5O5/c1-36(2,3)47-35(45)40-28-11-9-27(10-12-28)39-33(44)32-21-26(37)22-38-34(32)46-30-8-5-7-24(20-30)31-14-13-29(43)19-25(31)23-42-16-6-15-41(4)17-18-42/h5,7-8,13-14,19-22,27-28,43H,6,9-12,15-18,23H2,1-4H3,(H,39,44)(H,40,45). The van der Waals surface area contributed by atoms with E-state index in [2.05, 4.69) is 32.5 Å². The molecule has 3 N–H and O–H groups in total. The van der Waals surface area contributed by atoms with Gasteiger partial charge in [0.05, 0.1) is 6.20 Å². The summed E-state index contributed by atoms with van der Waals surface area (Å²) in [7, 11) is 2.14. The van der Waals surface area contributed by atoms with E-state index in [4.69, 9.17) is 9.47 Å². The second-order valence-electron chi connectivity index (χ2n) is 13.6. The Bertz CT molecular complexity index is 1550. The number of pyridine rings is 1. The molecule has 1 saturated carbocycles. The molecule has 1 aromatic heterocycles. The van der Waals surface area contributed by atoms with Gasteiger partial charge in [0.15, 0.2) is 0 Å². The van der Waals surface area contributed by atoms with Gasteiger partial charge in [-0.2, -0.15) is 0 Å². The Balaban J connectivity index is 1.26. The van der Waals surface area contributed by atoms with Crippen molar-refractivity contribution in [3.63, 3.8) is 0 Å². The number of likely N-dealkylation sites (N-methyl/N-ethyl adjacent to an activating group) is 1. The molecule has 11 heteroatoms. The smallest absolute Gasteiger partial charge is 0.407 e. The normalized spacial score (nSPS) is 19.4. The average molecular weight is 648 g/mol. The second-order valence-corrected chi connectivity index (χ2v) is 13.6. The summed E-state index contributed by atoms with van der Waals surface area (Å²) in [5.74, 6) is -0.464. The molecular formula is C36H46FN5O5. The first-order valence-corrected chi connectivity index (χ1v) is 16.4. The topological polar surface area (TPSA) is 116 Å². The lowest BCUT2D eigenvalue weighted by Gasteiger charge is -2.30. The highest BCUT2D eigenvalue weighted by molar-refractivity contribution is 5.96. The lowest BCUT2D eigenvalue weighted by atomic mass is 9.91. The number of aromatic nitrogens is 1. The summed E-state index contributed by atoms with van der Waals surface area (Å²) in [4.78, 5) is 34.4. The second kappa shape index (κ2) is 15.1. The van der Waals surface area contributed by atoms with Gasteiger partial charge in [-0.3, -0.25) is 9.69 Å². The Hall–Kier alpha value is -4.22. The van der Waals surface area contributed by atoms with E-state index < -0.39 is 23.4 Å². The fourth-order valence-electron chi connectivity index (χ4n) is 6.12. The maximum absolute atomic E-state index is 14.3. The third-order valence-electron chi connectivity index (χ3n) is 8.50. The molecule has 252 valence electrons. The van der Waals surface area contributed by atoms with Crippen LogP contribution >= 0.6 is 0 Å². The van der Waals surface area contributed by atoms with Crippen LogP contribution in [-0.4, -0.2) is 82.8 Å². The molecule has 5 rings (SSSR count). The zero-order valence-corrected chi connectivity index (χ0v) is 27.7. The van der Waals surface area contributed by atoms with Crippen LogP contribution < -0.4 is 15.4 Å². The van der Waals surface area contributed by atoms with E-state index in [9.17, 15) is 19.1 Å². The molecule has 0 atom stereocenters. The molecule has 1 saturated heterocycles. The van der Waals surface area contributed by atoms with Crippen LogP contribution in [0.5, 0.6) is 17.4 Å². The highest BCUT2D eigenvalue weighted by atomic mass is 19.1. The molecule has 1 aliphatic heterocycles. The number of carbonyl (C=O) groups excluding carboxylic acids is 2. The number of hydrogen-bond acceptors (Lipinski definition) is 8. The molecule has 0 spiro atoms. The van der Waals surface area contributed by atoms with Crippen molar-refractivity contribution in [2.75, 3.05) is 33.2 Å². The highest BCUT2D eigenvalue weighted by Crippen LogP contribution is 2.33. The highest BCUT2D eigenvalue weighted by Gasteiger charge is 2.27. The molecule has 47 heavy (non-hydrogen) atoms. The van der Waals surface area contributed by atoms with Gasteiger partial charge in [-0.1, -0.05) is 18.2 Å². The van der Waals surface area contributed by atoms with Gasteiger partial charge in [-0.15, -0.1) is 0 Å². The SMILES string of the molecule is CN1CCCN(Cc2cc(O)ccc2-c2cccc(Oc3ncc(F)cc3C(=O)NC3CCC(NC(=O)OC(C)(C)C)CC3)c2)CC1. The van der Waals surface area contributed by atoms with Gasteiger partial charge in [0.1, 0.15) is 28.5 Å². The van der Waals surface area contributed by atoms with Crippen molar-refractivity contribution in [3.8, 4) is 28.5 Å². The van der Waals surface area contributed by atoms with Crippen LogP contribution in [-0.2, 0) is 11.3 Å². The summed E-state index contributed by atoms with van der Waals surface area (Å²) in [6, 6.07) is 13.8. The van der Waals surface area contributed by atoms with E-state index in [0.717, 1.165) is 61.6 Å². The van der Waals surface area contributed by atoms with E-state index >= 15 is 0 Å². The number of ether oxygens (including phenoxy) is 2. The number of phenols is 1. The zero-order valence-electron chi connectivity index (χ0n) is 27.7. The summed E-state index contributed by atoms with van der Waals surface area (Å²) in [6.07, 6.45) is 4.31. The molecule has 0 unspecified atom stereocenters. The minimum absolute atomic E-state index is 0.000797. The Morgan fingerprint density at radius 3 is 2.47 bits per heavy atom. The first kappa shape index (κ1) is 34.1. The molecule has 0 radical (unpaired) electrons. The van der Waals surface area contributed by atoms with Gasteiger partial charge in [0, 0.05) is 31.7 Å². The predicted octanol–water partition coefficient (Wildman–Crippen LogP) is 6.09. The number of rotatable bonds is 8. The Morgan fingerprint density at radius 1 is 0.979 bits per heavy atom. The maximum Gasteiger partial charge on any atom is 0.407 e. The van der Waals surface area contributed by atoms with Crippen LogP contribution in [0.15, 0.2) is 54.7 Å². The average Bonchev–Trinajstić information content (AvgIpc) is 3.21. The van der Waals surface area contributed by atoms with Crippen molar-refractivity contribution in [2.45, 2.75) is 77.1 Å². The van der Waals surface area contributed by atoms with Crippen molar-refractivity contribution in [1.29, 1.82) is 0 Å². The monoisotopic (exact) mass is 647 g/mol. The van der Waals surface area contributed by atoms with Gasteiger partial charge in [-0.05, 0) is 120 Å². The van der Waals surface area contributed by atoms with Crippen molar-refractivity contribution < 1.29 is 28.6 Å². The lowest BCUT2D eigenvalue weighted by Crippen LogP contribution is -2.45. The van der Waals surface area contributed by atoms with Crippen molar-refractivity contribution in [1.82, 2.24) is 25.4 Å². The van der Waals surface area contributed by atoms with Crippen LogP contribution in [0.1, 0.15) is 68.8 Å². The molecule has 2 aliphatic rings. The van der Waals surface area contributed by atoms with E-state index in [-0.39, 0.29) is 29.3 Å².